The molecule has 2 aromatic carbocycles. The Balaban J connectivity index is 1.97. The number of benzene rings is 2. The molecule has 0 aliphatic carbocycles. The van der Waals surface area contributed by atoms with E-state index in [1.54, 1.807) is 25.1 Å². The first-order valence-corrected chi connectivity index (χ1v) is 8.68. The SMILES string of the molecule is CCOC(=O)[C@H]1C(=O)Nc2nc3ccccc3n2[C@@H]1c1cccc(Cl)c1. The molecular weight excluding hydrogens is 354 g/mol. The van der Waals surface area contributed by atoms with Crippen LogP contribution in [0.2, 0.25) is 5.02 Å². The van der Waals surface area contributed by atoms with Crippen LogP contribution in [-0.2, 0) is 14.3 Å². The van der Waals surface area contributed by atoms with E-state index in [2.05, 4.69) is 10.3 Å². The predicted octanol–water partition coefficient (Wildman–Crippen LogP) is 3.41. The van der Waals surface area contributed by atoms with Gasteiger partial charge in [0, 0.05) is 5.02 Å². The van der Waals surface area contributed by atoms with Gasteiger partial charge in [0.2, 0.25) is 11.9 Å². The minimum atomic E-state index is -1.03. The first-order valence-electron chi connectivity index (χ1n) is 8.30. The van der Waals surface area contributed by atoms with Crippen molar-refractivity contribution in [1.29, 1.82) is 0 Å². The number of amides is 1. The number of fused-ring (bicyclic) bond motifs is 3. The summed E-state index contributed by atoms with van der Waals surface area (Å²) in [6.45, 7) is 1.91. The fraction of sp³-hybridized carbons (Fsp3) is 0.211. The van der Waals surface area contributed by atoms with Crippen molar-refractivity contribution in [2.24, 2.45) is 5.92 Å². The molecule has 0 spiro atoms. The van der Waals surface area contributed by atoms with E-state index in [-0.39, 0.29) is 6.61 Å². The number of aromatic nitrogens is 2. The van der Waals surface area contributed by atoms with Gasteiger partial charge in [0.15, 0.2) is 5.92 Å². The third-order valence-electron chi connectivity index (χ3n) is 4.44. The van der Waals surface area contributed by atoms with Crippen LogP contribution in [-0.4, -0.2) is 28.0 Å². The Morgan fingerprint density at radius 1 is 1.27 bits per heavy atom. The number of carbonyl (C=O) groups excluding carboxylic acids is 2. The molecule has 3 aromatic rings. The van der Waals surface area contributed by atoms with Crippen LogP contribution in [0.3, 0.4) is 0 Å². The van der Waals surface area contributed by atoms with Gasteiger partial charge in [-0.05, 0) is 36.8 Å². The largest absolute Gasteiger partial charge is 0.465 e. The van der Waals surface area contributed by atoms with E-state index in [0.717, 1.165) is 16.6 Å². The van der Waals surface area contributed by atoms with Crippen molar-refractivity contribution in [2.45, 2.75) is 13.0 Å². The van der Waals surface area contributed by atoms with Crippen molar-refractivity contribution in [1.82, 2.24) is 9.55 Å². The first kappa shape index (κ1) is 16.6. The van der Waals surface area contributed by atoms with Gasteiger partial charge in [0.25, 0.3) is 0 Å². The van der Waals surface area contributed by atoms with Crippen molar-refractivity contribution < 1.29 is 14.3 Å². The molecule has 1 aromatic heterocycles. The highest BCUT2D eigenvalue weighted by molar-refractivity contribution is 6.30. The number of esters is 1. The number of hydrogen-bond acceptors (Lipinski definition) is 4. The summed E-state index contributed by atoms with van der Waals surface area (Å²) in [5, 5.41) is 3.26. The molecule has 0 saturated carbocycles. The molecule has 1 amide bonds. The van der Waals surface area contributed by atoms with Crippen LogP contribution < -0.4 is 5.32 Å². The number of carbonyl (C=O) groups is 2. The van der Waals surface area contributed by atoms with E-state index in [1.165, 1.54) is 0 Å². The van der Waals surface area contributed by atoms with Gasteiger partial charge < -0.3 is 9.30 Å². The van der Waals surface area contributed by atoms with Crippen LogP contribution in [0, 0.1) is 5.92 Å². The van der Waals surface area contributed by atoms with E-state index in [1.807, 2.05) is 34.9 Å². The molecule has 7 heteroatoms. The van der Waals surface area contributed by atoms with E-state index in [9.17, 15) is 9.59 Å². The summed E-state index contributed by atoms with van der Waals surface area (Å²) in [6.07, 6.45) is 0. The fourth-order valence-electron chi connectivity index (χ4n) is 3.39. The number of nitrogens with zero attached hydrogens (tertiary/aromatic N) is 2. The molecule has 2 heterocycles. The van der Waals surface area contributed by atoms with Crippen LogP contribution in [0.15, 0.2) is 48.5 Å². The highest BCUT2D eigenvalue weighted by Crippen LogP contribution is 2.39. The van der Waals surface area contributed by atoms with E-state index >= 15 is 0 Å². The molecule has 4 rings (SSSR count). The summed E-state index contributed by atoms with van der Waals surface area (Å²) in [4.78, 5) is 29.8. The molecule has 6 nitrogen and oxygen atoms in total. The van der Waals surface area contributed by atoms with E-state index in [0.29, 0.717) is 11.0 Å². The van der Waals surface area contributed by atoms with Gasteiger partial charge in [-0.3, -0.25) is 14.9 Å². The Bertz CT molecular complexity index is 1010. The smallest absolute Gasteiger partial charge is 0.321 e. The normalized spacial score (nSPS) is 19.1. The monoisotopic (exact) mass is 369 g/mol. The number of rotatable bonds is 3. The number of halogens is 1. The van der Waals surface area contributed by atoms with Gasteiger partial charge in [-0.15, -0.1) is 0 Å². The Morgan fingerprint density at radius 3 is 2.85 bits per heavy atom. The van der Waals surface area contributed by atoms with Crippen LogP contribution >= 0.6 is 11.6 Å². The Morgan fingerprint density at radius 2 is 2.08 bits per heavy atom. The maximum atomic E-state index is 12.7. The zero-order valence-corrected chi connectivity index (χ0v) is 14.7. The lowest BCUT2D eigenvalue weighted by Gasteiger charge is -2.32. The number of nitrogens with one attached hydrogen (secondary N) is 1. The Labute approximate surface area is 154 Å². The molecule has 0 bridgehead atoms. The summed E-state index contributed by atoms with van der Waals surface area (Å²) in [5.74, 6) is -1.63. The third-order valence-corrected chi connectivity index (χ3v) is 4.67. The molecule has 0 radical (unpaired) electrons. The summed E-state index contributed by atoms with van der Waals surface area (Å²) in [6, 6.07) is 14.1. The van der Waals surface area contributed by atoms with Crippen LogP contribution in [0.1, 0.15) is 18.5 Å². The molecule has 1 aliphatic rings. The van der Waals surface area contributed by atoms with Crippen molar-refractivity contribution in [3.05, 3.63) is 59.1 Å². The molecule has 2 atom stereocenters. The maximum Gasteiger partial charge on any atom is 0.321 e. The lowest BCUT2D eigenvalue weighted by atomic mass is 9.90. The summed E-state index contributed by atoms with van der Waals surface area (Å²) in [5.41, 5.74) is 2.30. The summed E-state index contributed by atoms with van der Waals surface area (Å²) in [7, 11) is 0. The second-order valence-electron chi connectivity index (χ2n) is 6.01. The van der Waals surface area contributed by atoms with Crippen molar-refractivity contribution >= 4 is 40.5 Å². The van der Waals surface area contributed by atoms with Crippen LogP contribution in [0.4, 0.5) is 5.95 Å². The number of para-hydroxylation sites is 2. The summed E-state index contributed by atoms with van der Waals surface area (Å²) >= 11 is 6.17. The van der Waals surface area contributed by atoms with Crippen LogP contribution in [0.25, 0.3) is 11.0 Å². The van der Waals surface area contributed by atoms with Gasteiger partial charge in [0.05, 0.1) is 23.7 Å². The molecule has 0 unspecified atom stereocenters. The standard InChI is InChI=1S/C19H16ClN3O3/c1-2-26-18(25)15-16(11-6-5-7-12(20)10-11)23-14-9-4-3-8-13(14)21-19(23)22-17(15)24/h3-10,15-16H,2H2,1H3,(H,21,22,24)/t15-,16-/m1/s1. The summed E-state index contributed by atoms with van der Waals surface area (Å²) < 4.78 is 7.04. The van der Waals surface area contributed by atoms with Gasteiger partial charge >= 0.3 is 5.97 Å². The zero-order valence-electron chi connectivity index (χ0n) is 14.0. The molecule has 26 heavy (non-hydrogen) atoms. The highest BCUT2D eigenvalue weighted by Gasteiger charge is 2.44. The lowest BCUT2D eigenvalue weighted by Crippen LogP contribution is -2.43. The van der Waals surface area contributed by atoms with Crippen molar-refractivity contribution in [3.63, 3.8) is 0 Å². The number of hydrogen-bond donors (Lipinski definition) is 1. The van der Waals surface area contributed by atoms with Crippen molar-refractivity contribution in [3.8, 4) is 0 Å². The molecule has 1 N–H and O–H groups in total. The minimum absolute atomic E-state index is 0.197. The van der Waals surface area contributed by atoms with Gasteiger partial charge in [-0.1, -0.05) is 35.9 Å². The molecule has 1 aliphatic heterocycles. The van der Waals surface area contributed by atoms with Crippen LogP contribution in [0.5, 0.6) is 0 Å². The minimum Gasteiger partial charge on any atom is -0.465 e. The Kier molecular flexibility index (Phi) is 4.12. The third kappa shape index (κ3) is 2.63. The topological polar surface area (TPSA) is 73.2 Å². The highest BCUT2D eigenvalue weighted by atomic mass is 35.5. The zero-order chi connectivity index (χ0) is 18.3. The second kappa shape index (κ2) is 6.46. The number of ether oxygens (including phenoxy) is 1. The molecule has 0 saturated heterocycles. The average molecular weight is 370 g/mol. The first-order chi connectivity index (χ1) is 12.6. The number of imidazole rings is 1. The molecular formula is C19H16ClN3O3. The fourth-order valence-corrected chi connectivity index (χ4v) is 3.59. The predicted molar refractivity (Wildman–Crippen MR) is 98.1 cm³/mol. The molecule has 0 fully saturated rings. The Hall–Kier alpha value is -2.86. The quantitative estimate of drug-likeness (QED) is 0.567. The number of anilines is 1. The van der Waals surface area contributed by atoms with Gasteiger partial charge in [-0.25, -0.2) is 4.98 Å². The van der Waals surface area contributed by atoms with E-state index in [4.69, 9.17) is 16.3 Å². The molecule has 132 valence electrons. The lowest BCUT2D eigenvalue weighted by molar-refractivity contribution is -0.152. The van der Waals surface area contributed by atoms with Crippen molar-refractivity contribution in [2.75, 3.05) is 11.9 Å². The van der Waals surface area contributed by atoms with Gasteiger partial charge in [-0.2, -0.15) is 0 Å². The van der Waals surface area contributed by atoms with E-state index < -0.39 is 23.8 Å². The maximum absolute atomic E-state index is 12.7. The average Bonchev–Trinajstić information content (AvgIpc) is 2.98. The van der Waals surface area contributed by atoms with Gasteiger partial charge in [0.1, 0.15) is 0 Å². The second-order valence-corrected chi connectivity index (χ2v) is 6.45.